The van der Waals surface area contributed by atoms with Crippen LogP contribution in [0.15, 0.2) is 41.2 Å². The highest BCUT2D eigenvalue weighted by atomic mass is 32.1. The van der Waals surface area contributed by atoms with E-state index in [-0.39, 0.29) is 5.56 Å². The third-order valence-electron chi connectivity index (χ3n) is 3.78. The van der Waals surface area contributed by atoms with Crippen LogP contribution < -0.4 is 10.5 Å². The maximum Gasteiger partial charge on any atom is 0.275 e. The molecule has 0 aliphatic carbocycles. The molecule has 1 atom stereocenters. The summed E-state index contributed by atoms with van der Waals surface area (Å²) in [5.74, 6) is 0. The van der Waals surface area contributed by atoms with Gasteiger partial charge in [0.25, 0.3) is 5.56 Å². The number of aliphatic hydroxyl groups is 1. The third-order valence-corrected chi connectivity index (χ3v) is 4.60. The SMILES string of the molecule is CCC(O)CN(Cc1cc(=O)n2nc(C)sc2n1)c1ccccc1. The lowest BCUT2D eigenvalue weighted by Crippen LogP contribution is -2.32. The Labute approximate surface area is 144 Å². The zero-order valence-corrected chi connectivity index (χ0v) is 14.5. The first-order chi connectivity index (χ1) is 11.6. The standard InChI is InChI=1S/C17H20N4O2S/c1-3-15(22)11-20(14-7-5-4-6-8-14)10-13-9-16(23)21-17(18-13)24-12(2)19-21/h4-9,15,22H,3,10-11H2,1-2H3. The van der Waals surface area contributed by atoms with Crippen LogP contribution in [0.1, 0.15) is 24.0 Å². The minimum atomic E-state index is -0.430. The van der Waals surface area contributed by atoms with Crippen LogP contribution >= 0.6 is 11.3 Å². The minimum Gasteiger partial charge on any atom is -0.391 e. The van der Waals surface area contributed by atoms with Crippen molar-refractivity contribution < 1.29 is 5.11 Å². The molecule has 0 aliphatic rings. The molecule has 2 aromatic heterocycles. The molecule has 0 fully saturated rings. The number of nitrogens with zero attached hydrogens (tertiary/aromatic N) is 4. The summed E-state index contributed by atoms with van der Waals surface area (Å²) in [4.78, 5) is 19.4. The van der Waals surface area contributed by atoms with Gasteiger partial charge in [0, 0.05) is 18.3 Å². The molecule has 126 valence electrons. The van der Waals surface area contributed by atoms with Gasteiger partial charge in [0.1, 0.15) is 5.01 Å². The molecular weight excluding hydrogens is 324 g/mol. The summed E-state index contributed by atoms with van der Waals surface area (Å²) in [5.41, 5.74) is 1.49. The van der Waals surface area contributed by atoms with E-state index < -0.39 is 6.10 Å². The molecule has 7 heteroatoms. The van der Waals surface area contributed by atoms with E-state index in [0.717, 1.165) is 10.7 Å². The fraction of sp³-hybridized carbons (Fsp3) is 0.353. The van der Waals surface area contributed by atoms with Crippen molar-refractivity contribution in [1.29, 1.82) is 0 Å². The Balaban J connectivity index is 1.93. The molecule has 24 heavy (non-hydrogen) atoms. The number of rotatable bonds is 6. The minimum absolute atomic E-state index is 0.177. The largest absolute Gasteiger partial charge is 0.391 e. The highest BCUT2D eigenvalue weighted by molar-refractivity contribution is 7.16. The first-order valence-corrected chi connectivity index (χ1v) is 8.73. The summed E-state index contributed by atoms with van der Waals surface area (Å²) in [5, 5.41) is 15.0. The van der Waals surface area contributed by atoms with Crippen LogP contribution in [0.25, 0.3) is 4.96 Å². The average molecular weight is 344 g/mol. The number of fused-ring (bicyclic) bond motifs is 1. The van der Waals surface area contributed by atoms with E-state index >= 15 is 0 Å². The molecule has 1 aromatic carbocycles. The number of hydrogen-bond donors (Lipinski definition) is 1. The van der Waals surface area contributed by atoms with E-state index in [1.54, 1.807) is 0 Å². The van der Waals surface area contributed by atoms with Crippen LogP contribution in [0.4, 0.5) is 5.69 Å². The van der Waals surface area contributed by atoms with Gasteiger partial charge in [-0.2, -0.15) is 9.61 Å². The van der Waals surface area contributed by atoms with Gasteiger partial charge in [-0.25, -0.2) is 4.98 Å². The fourth-order valence-corrected chi connectivity index (χ4v) is 3.28. The summed E-state index contributed by atoms with van der Waals surface area (Å²) in [6.07, 6.45) is 0.243. The Morgan fingerprint density at radius 1 is 1.33 bits per heavy atom. The first kappa shape index (κ1) is 16.6. The normalized spacial score (nSPS) is 12.5. The summed E-state index contributed by atoms with van der Waals surface area (Å²) < 4.78 is 1.33. The number of para-hydroxylation sites is 1. The molecule has 0 aliphatic heterocycles. The van der Waals surface area contributed by atoms with Crippen molar-refractivity contribution in [3.05, 3.63) is 57.5 Å². The van der Waals surface area contributed by atoms with Gasteiger partial charge >= 0.3 is 0 Å². The van der Waals surface area contributed by atoms with Gasteiger partial charge in [-0.05, 0) is 25.5 Å². The van der Waals surface area contributed by atoms with Crippen molar-refractivity contribution in [2.75, 3.05) is 11.4 Å². The highest BCUT2D eigenvalue weighted by Crippen LogP contribution is 2.18. The lowest BCUT2D eigenvalue weighted by molar-refractivity contribution is 0.175. The molecule has 0 amide bonds. The second-order valence-electron chi connectivity index (χ2n) is 5.68. The number of aryl methyl sites for hydroxylation is 1. The topological polar surface area (TPSA) is 70.7 Å². The third kappa shape index (κ3) is 3.63. The van der Waals surface area contributed by atoms with Gasteiger partial charge in [-0.15, -0.1) is 0 Å². The van der Waals surface area contributed by atoms with Crippen LogP contribution in [0.2, 0.25) is 0 Å². The Kier molecular flexibility index (Phi) is 4.92. The number of aliphatic hydroxyl groups excluding tert-OH is 1. The molecular formula is C17H20N4O2S. The maximum absolute atomic E-state index is 12.2. The van der Waals surface area contributed by atoms with Gasteiger partial charge < -0.3 is 10.0 Å². The van der Waals surface area contributed by atoms with Crippen molar-refractivity contribution in [3.8, 4) is 0 Å². The number of aromatic nitrogens is 3. The van der Waals surface area contributed by atoms with E-state index in [0.29, 0.717) is 30.2 Å². The van der Waals surface area contributed by atoms with Crippen LogP contribution in [0.5, 0.6) is 0 Å². The number of hydrogen-bond acceptors (Lipinski definition) is 6. The zero-order valence-electron chi connectivity index (χ0n) is 13.7. The molecule has 2 heterocycles. The highest BCUT2D eigenvalue weighted by Gasteiger charge is 2.14. The van der Waals surface area contributed by atoms with Gasteiger partial charge in [-0.3, -0.25) is 4.79 Å². The zero-order chi connectivity index (χ0) is 17.1. The van der Waals surface area contributed by atoms with Gasteiger partial charge in [0.2, 0.25) is 4.96 Å². The fourth-order valence-electron chi connectivity index (χ4n) is 2.51. The van der Waals surface area contributed by atoms with Crippen LogP contribution in [0, 0.1) is 6.92 Å². The predicted octanol–water partition coefficient (Wildman–Crippen LogP) is 2.24. The lowest BCUT2D eigenvalue weighted by atomic mass is 10.2. The molecule has 1 unspecified atom stereocenters. The summed E-state index contributed by atoms with van der Waals surface area (Å²) in [6.45, 7) is 4.75. The van der Waals surface area contributed by atoms with Crippen molar-refractivity contribution in [2.24, 2.45) is 0 Å². The monoisotopic (exact) mass is 344 g/mol. The molecule has 0 spiro atoms. The van der Waals surface area contributed by atoms with Crippen molar-refractivity contribution in [3.63, 3.8) is 0 Å². The van der Waals surface area contributed by atoms with Crippen LogP contribution in [-0.2, 0) is 6.54 Å². The molecule has 0 saturated carbocycles. The summed E-state index contributed by atoms with van der Waals surface area (Å²) in [7, 11) is 0. The van der Waals surface area contributed by atoms with Crippen molar-refractivity contribution >= 4 is 22.0 Å². The predicted molar refractivity (Wildman–Crippen MR) is 95.7 cm³/mol. The van der Waals surface area contributed by atoms with Crippen molar-refractivity contribution in [2.45, 2.75) is 32.9 Å². The second kappa shape index (κ2) is 7.11. The van der Waals surface area contributed by atoms with Crippen molar-refractivity contribution in [1.82, 2.24) is 14.6 Å². The average Bonchev–Trinajstić information content (AvgIpc) is 2.96. The number of anilines is 1. The lowest BCUT2D eigenvalue weighted by Gasteiger charge is -2.26. The maximum atomic E-state index is 12.2. The Bertz CT molecular complexity index is 875. The Morgan fingerprint density at radius 3 is 2.79 bits per heavy atom. The molecule has 0 bridgehead atoms. The van der Waals surface area contributed by atoms with E-state index in [9.17, 15) is 9.90 Å². The molecule has 3 aromatic rings. The molecule has 6 nitrogen and oxygen atoms in total. The quantitative estimate of drug-likeness (QED) is 0.742. The van der Waals surface area contributed by atoms with Gasteiger partial charge in [0.05, 0.1) is 18.3 Å². The molecule has 0 saturated heterocycles. The molecule has 0 radical (unpaired) electrons. The van der Waals surface area contributed by atoms with E-state index in [4.69, 9.17) is 0 Å². The van der Waals surface area contributed by atoms with Gasteiger partial charge in [-0.1, -0.05) is 36.5 Å². The number of benzene rings is 1. The van der Waals surface area contributed by atoms with Crippen LogP contribution in [-0.4, -0.2) is 32.4 Å². The van der Waals surface area contributed by atoms with E-state index in [1.807, 2.05) is 49.1 Å². The smallest absolute Gasteiger partial charge is 0.275 e. The van der Waals surface area contributed by atoms with Gasteiger partial charge in [0.15, 0.2) is 0 Å². The first-order valence-electron chi connectivity index (χ1n) is 7.91. The van der Waals surface area contributed by atoms with Crippen LogP contribution in [0.3, 0.4) is 0 Å². The Hall–Kier alpha value is -2.25. The van der Waals surface area contributed by atoms with E-state index in [1.165, 1.54) is 21.9 Å². The summed E-state index contributed by atoms with van der Waals surface area (Å²) in [6, 6.07) is 11.4. The van der Waals surface area contributed by atoms with E-state index in [2.05, 4.69) is 10.1 Å². The Morgan fingerprint density at radius 2 is 2.08 bits per heavy atom. The molecule has 3 rings (SSSR count). The molecule has 1 N–H and O–H groups in total. The summed E-state index contributed by atoms with van der Waals surface area (Å²) >= 11 is 1.39. The second-order valence-corrected chi connectivity index (χ2v) is 6.84.